The number of imide groups is 1. The van der Waals surface area contributed by atoms with E-state index in [2.05, 4.69) is 13.8 Å². The summed E-state index contributed by atoms with van der Waals surface area (Å²) in [6, 6.07) is 5.49. The molecule has 0 aliphatic carbocycles. The molecule has 2 rings (SSSR count). The normalized spacial score (nSPS) is 15.7. The molecule has 108 valence electrons. The van der Waals surface area contributed by atoms with Crippen molar-refractivity contribution in [2.45, 2.75) is 46.5 Å². The van der Waals surface area contributed by atoms with Gasteiger partial charge >= 0.3 is 0 Å². The molecule has 0 N–H and O–H groups in total. The van der Waals surface area contributed by atoms with Crippen LogP contribution < -0.4 is 0 Å². The molecule has 0 fully saturated rings. The average Bonchev–Trinajstić information content (AvgIpc) is 2.67. The second-order valence-corrected chi connectivity index (χ2v) is 5.69. The minimum atomic E-state index is -0.125. The smallest absolute Gasteiger partial charge is 0.261 e. The number of benzene rings is 1. The molecule has 1 aliphatic rings. The number of rotatable bonds is 6. The first-order chi connectivity index (χ1) is 9.58. The van der Waals surface area contributed by atoms with Crippen LogP contribution >= 0.6 is 0 Å². The van der Waals surface area contributed by atoms with E-state index in [4.69, 9.17) is 0 Å². The summed E-state index contributed by atoms with van der Waals surface area (Å²) in [7, 11) is 0. The first kappa shape index (κ1) is 14.8. The summed E-state index contributed by atoms with van der Waals surface area (Å²) in [6.07, 6.45) is 4.39. The number of amides is 2. The molecule has 0 aromatic heterocycles. The maximum absolute atomic E-state index is 12.4. The minimum Gasteiger partial charge on any atom is -0.274 e. The summed E-state index contributed by atoms with van der Waals surface area (Å²) in [6.45, 7) is 6.79. The van der Waals surface area contributed by atoms with E-state index < -0.39 is 0 Å². The number of carbonyl (C=O) groups is 2. The fourth-order valence-corrected chi connectivity index (χ4v) is 2.75. The van der Waals surface area contributed by atoms with E-state index in [0.29, 0.717) is 23.6 Å². The van der Waals surface area contributed by atoms with E-state index in [0.717, 1.165) is 31.2 Å². The SMILES string of the molecule is CCCCC(CC)CN1C(=O)c2ccc(C)cc2C1=O. The molecule has 0 saturated carbocycles. The van der Waals surface area contributed by atoms with Crippen molar-refractivity contribution in [1.29, 1.82) is 0 Å². The molecule has 0 bridgehead atoms. The molecule has 3 heteroatoms. The summed E-state index contributed by atoms with van der Waals surface area (Å²) in [5.74, 6) is 0.168. The molecule has 0 spiro atoms. The highest BCUT2D eigenvalue weighted by atomic mass is 16.2. The molecule has 1 aromatic carbocycles. The zero-order valence-electron chi connectivity index (χ0n) is 12.6. The zero-order valence-corrected chi connectivity index (χ0v) is 12.6. The standard InChI is InChI=1S/C17H23NO2/c1-4-6-7-13(5-2)11-18-16(19)14-9-8-12(3)10-15(14)17(18)20/h8-10,13H,4-7,11H2,1-3H3. The van der Waals surface area contributed by atoms with Gasteiger partial charge in [0.25, 0.3) is 11.8 Å². The van der Waals surface area contributed by atoms with Crippen LogP contribution in [0, 0.1) is 12.8 Å². The van der Waals surface area contributed by atoms with Crippen molar-refractivity contribution < 1.29 is 9.59 Å². The number of aryl methyl sites for hydroxylation is 1. The van der Waals surface area contributed by atoms with Crippen LogP contribution in [0.4, 0.5) is 0 Å². The molecule has 1 aromatic rings. The Bertz CT molecular complexity index is 522. The molecule has 0 radical (unpaired) electrons. The quantitative estimate of drug-likeness (QED) is 0.739. The Hall–Kier alpha value is -1.64. The highest BCUT2D eigenvalue weighted by molar-refractivity contribution is 6.21. The Morgan fingerprint density at radius 2 is 1.80 bits per heavy atom. The number of nitrogens with zero attached hydrogens (tertiary/aromatic N) is 1. The minimum absolute atomic E-state index is 0.122. The maximum Gasteiger partial charge on any atom is 0.261 e. The molecule has 1 heterocycles. The Balaban J connectivity index is 2.15. The Morgan fingerprint density at radius 1 is 1.10 bits per heavy atom. The fourth-order valence-electron chi connectivity index (χ4n) is 2.75. The predicted octanol–water partition coefficient (Wildman–Crippen LogP) is 3.81. The van der Waals surface area contributed by atoms with Gasteiger partial charge in [-0.2, -0.15) is 0 Å². The van der Waals surface area contributed by atoms with Crippen molar-refractivity contribution in [3.63, 3.8) is 0 Å². The monoisotopic (exact) mass is 273 g/mol. The van der Waals surface area contributed by atoms with Gasteiger partial charge in [0, 0.05) is 6.54 Å². The third-order valence-electron chi connectivity index (χ3n) is 4.11. The van der Waals surface area contributed by atoms with E-state index in [1.54, 1.807) is 6.07 Å². The van der Waals surface area contributed by atoms with Crippen LogP contribution in [-0.4, -0.2) is 23.3 Å². The van der Waals surface area contributed by atoms with Crippen LogP contribution in [0.15, 0.2) is 18.2 Å². The van der Waals surface area contributed by atoms with E-state index in [-0.39, 0.29) is 11.8 Å². The first-order valence-electron chi connectivity index (χ1n) is 7.55. The molecular formula is C17H23NO2. The fraction of sp³-hybridized carbons (Fsp3) is 0.529. The van der Waals surface area contributed by atoms with Gasteiger partial charge in [0.15, 0.2) is 0 Å². The van der Waals surface area contributed by atoms with Crippen molar-refractivity contribution in [3.8, 4) is 0 Å². The molecule has 1 aliphatic heterocycles. The second-order valence-electron chi connectivity index (χ2n) is 5.69. The molecule has 20 heavy (non-hydrogen) atoms. The van der Waals surface area contributed by atoms with Gasteiger partial charge in [-0.15, -0.1) is 0 Å². The summed E-state index contributed by atoms with van der Waals surface area (Å²) in [5, 5.41) is 0. The molecule has 2 amide bonds. The van der Waals surface area contributed by atoms with Crippen LogP contribution in [0.1, 0.15) is 65.8 Å². The zero-order chi connectivity index (χ0) is 14.7. The van der Waals surface area contributed by atoms with Crippen LogP contribution in [0.2, 0.25) is 0 Å². The van der Waals surface area contributed by atoms with Gasteiger partial charge in [0.2, 0.25) is 0 Å². The average molecular weight is 273 g/mol. The predicted molar refractivity (Wildman–Crippen MR) is 79.9 cm³/mol. The van der Waals surface area contributed by atoms with Crippen molar-refractivity contribution >= 4 is 11.8 Å². The van der Waals surface area contributed by atoms with E-state index in [1.807, 2.05) is 19.1 Å². The highest BCUT2D eigenvalue weighted by Gasteiger charge is 2.36. The van der Waals surface area contributed by atoms with E-state index >= 15 is 0 Å². The summed E-state index contributed by atoms with van der Waals surface area (Å²) < 4.78 is 0. The summed E-state index contributed by atoms with van der Waals surface area (Å²) >= 11 is 0. The number of hydrogen-bond acceptors (Lipinski definition) is 2. The molecule has 0 saturated heterocycles. The van der Waals surface area contributed by atoms with Crippen LogP contribution in [0.25, 0.3) is 0 Å². The Morgan fingerprint density at radius 3 is 2.45 bits per heavy atom. The molecule has 1 atom stereocenters. The van der Waals surface area contributed by atoms with Gasteiger partial charge in [-0.25, -0.2) is 0 Å². The molecule has 3 nitrogen and oxygen atoms in total. The Kier molecular flexibility index (Phi) is 4.58. The van der Waals surface area contributed by atoms with Gasteiger partial charge < -0.3 is 0 Å². The Labute approximate surface area is 121 Å². The number of carbonyl (C=O) groups excluding carboxylic acids is 2. The van der Waals surface area contributed by atoms with Crippen molar-refractivity contribution in [1.82, 2.24) is 4.90 Å². The molecular weight excluding hydrogens is 250 g/mol. The number of fused-ring (bicyclic) bond motifs is 1. The first-order valence-corrected chi connectivity index (χ1v) is 7.55. The third-order valence-corrected chi connectivity index (χ3v) is 4.11. The maximum atomic E-state index is 12.4. The topological polar surface area (TPSA) is 37.4 Å². The van der Waals surface area contributed by atoms with Crippen molar-refractivity contribution in [2.75, 3.05) is 6.54 Å². The molecule has 1 unspecified atom stereocenters. The lowest BCUT2D eigenvalue weighted by atomic mass is 9.99. The van der Waals surface area contributed by atoms with Gasteiger partial charge in [0.05, 0.1) is 11.1 Å². The van der Waals surface area contributed by atoms with Gasteiger partial charge in [-0.05, 0) is 31.4 Å². The number of hydrogen-bond donors (Lipinski definition) is 0. The van der Waals surface area contributed by atoms with Crippen LogP contribution in [0.3, 0.4) is 0 Å². The van der Waals surface area contributed by atoms with Gasteiger partial charge in [-0.3, -0.25) is 14.5 Å². The van der Waals surface area contributed by atoms with Gasteiger partial charge in [0.1, 0.15) is 0 Å². The summed E-state index contributed by atoms with van der Waals surface area (Å²) in [4.78, 5) is 26.2. The lowest BCUT2D eigenvalue weighted by Crippen LogP contribution is -2.34. The van der Waals surface area contributed by atoms with E-state index in [9.17, 15) is 9.59 Å². The van der Waals surface area contributed by atoms with Crippen molar-refractivity contribution in [3.05, 3.63) is 34.9 Å². The van der Waals surface area contributed by atoms with E-state index in [1.165, 1.54) is 4.90 Å². The number of unbranched alkanes of at least 4 members (excludes halogenated alkanes) is 1. The highest BCUT2D eigenvalue weighted by Crippen LogP contribution is 2.26. The van der Waals surface area contributed by atoms with Gasteiger partial charge in [-0.1, -0.05) is 44.7 Å². The third kappa shape index (κ3) is 2.77. The largest absolute Gasteiger partial charge is 0.274 e. The second kappa shape index (κ2) is 6.21. The lowest BCUT2D eigenvalue weighted by molar-refractivity contribution is 0.0624. The van der Waals surface area contributed by atoms with Crippen molar-refractivity contribution in [2.24, 2.45) is 5.92 Å². The van der Waals surface area contributed by atoms with Crippen LogP contribution in [0.5, 0.6) is 0 Å². The van der Waals surface area contributed by atoms with Crippen LogP contribution in [-0.2, 0) is 0 Å². The lowest BCUT2D eigenvalue weighted by Gasteiger charge is -2.21. The summed E-state index contributed by atoms with van der Waals surface area (Å²) in [5.41, 5.74) is 2.15.